The largest absolute Gasteiger partial charge is 0.433 e. The van der Waals surface area contributed by atoms with E-state index < -0.39 is 27.8 Å². The van der Waals surface area contributed by atoms with Gasteiger partial charge in [0.1, 0.15) is 5.69 Å². The minimum Gasteiger partial charge on any atom is -0.346 e. The van der Waals surface area contributed by atoms with Crippen molar-refractivity contribution in [2.45, 2.75) is 26.1 Å². The van der Waals surface area contributed by atoms with Crippen LogP contribution in [0.2, 0.25) is 0 Å². The molecule has 1 amide bonds. The van der Waals surface area contributed by atoms with Gasteiger partial charge in [0.25, 0.3) is 5.91 Å². The highest BCUT2D eigenvalue weighted by Crippen LogP contribution is 2.29. The predicted octanol–water partition coefficient (Wildman–Crippen LogP) is 4.42. The van der Waals surface area contributed by atoms with Crippen LogP contribution in [0.5, 0.6) is 0 Å². The molecule has 0 spiro atoms. The van der Waals surface area contributed by atoms with Crippen LogP contribution in [-0.4, -0.2) is 25.6 Å². The van der Waals surface area contributed by atoms with E-state index in [0.29, 0.717) is 16.6 Å². The van der Waals surface area contributed by atoms with Crippen molar-refractivity contribution < 1.29 is 26.4 Å². The summed E-state index contributed by atoms with van der Waals surface area (Å²) in [6, 6.07) is 11.1. The molecular weight excluding hydrogens is 431 g/mol. The predicted molar refractivity (Wildman–Crippen MR) is 112 cm³/mol. The number of anilines is 1. The molecule has 0 aliphatic rings. The average Bonchev–Trinajstić information content (AvgIpc) is 2.66. The molecule has 6 nitrogen and oxygen atoms in total. The number of aromatic nitrogens is 1. The van der Waals surface area contributed by atoms with Crippen LogP contribution >= 0.6 is 0 Å². The summed E-state index contributed by atoms with van der Waals surface area (Å²) >= 11 is 0. The number of hydrogen-bond donors (Lipinski definition) is 2. The molecule has 2 aromatic carbocycles. The second kappa shape index (κ2) is 8.18. The maximum Gasteiger partial charge on any atom is 0.433 e. The van der Waals surface area contributed by atoms with Crippen LogP contribution in [0.25, 0.3) is 10.9 Å². The van der Waals surface area contributed by atoms with Gasteiger partial charge in [0.2, 0.25) is 10.0 Å². The molecule has 0 saturated heterocycles. The highest BCUT2D eigenvalue weighted by atomic mass is 32.2. The Morgan fingerprint density at radius 2 is 1.77 bits per heavy atom. The van der Waals surface area contributed by atoms with Crippen molar-refractivity contribution in [1.29, 1.82) is 0 Å². The fourth-order valence-electron chi connectivity index (χ4n) is 3.06. The zero-order valence-corrected chi connectivity index (χ0v) is 17.7. The van der Waals surface area contributed by atoms with E-state index in [1.54, 1.807) is 32.0 Å². The normalized spacial score (nSPS) is 13.1. The van der Waals surface area contributed by atoms with Crippen molar-refractivity contribution in [3.05, 3.63) is 70.9 Å². The lowest BCUT2D eigenvalue weighted by atomic mass is 10.0. The first-order valence-electron chi connectivity index (χ1n) is 9.21. The van der Waals surface area contributed by atoms with Crippen LogP contribution in [0.1, 0.15) is 40.1 Å². The molecule has 0 radical (unpaired) electrons. The van der Waals surface area contributed by atoms with Crippen molar-refractivity contribution in [2.75, 3.05) is 11.0 Å². The van der Waals surface area contributed by atoms with Crippen molar-refractivity contribution >= 4 is 32.5 Å². The number of sulfonamides is 1. The molecule has 1 atom stereocenters. The topological polar surface area (TPSA) is 88.2 Å². The van der Waals surface area contributed by atoms with Crippen molar-refractivity contribution in [1.82, 2.24) is 10.3 Å². The second-order valence-corrected chi connectivity index (χ2v) is 8.99. The van der Waals surface area contributed by atoms with Crippen molar-refractivity contribution in [2.24, 2.45) is 0 Å². The Labute approximate surface area is 177 Å². The molecule has 0 aliphatic heterocycles. The van der Waals surface area contributed by atoms with Gasteiger partial charge < -0.3 is 5.32 Å². The van der Waals surface area contributed by atoms with Gasteiger partial charge in [0, 0.05) is 10.9 Å². The maximum absolute atomic E-state index is 12.8. The first-order valence-corrected chi connectivity index (χ1v) is 11.1. The van der Waals surface area contributed by atoms with Gasteiger partial charge >= 0.3 is 6.18 Å². The van der Waals surface area contributed by atoms with E-state index in [9.17, 15) is 26.4 Å². The fourth-order valence-corrected chi connectivity index (χ4v) is 3.69. The molecular formula is C21H20F3N3O3S. The number of halogens is 3. The van der Waals surface area contributed by atoms with Gasteiger partial charge in [-0.25, -0.2) is 13.4 Å². The highest BCUT2D eigenvalue weighted by Gasteiger charge is 2.32. The number of carbonyl (C=O) groups is 1. The molecule has 164 valence electrons. The summed E-state index contributed by atoms with van der Waals surface area (Å²) in [7, 11) is -3.40. The fraction of sp³-hybridized carbons (Fsp3) is 0.238. The summed E-state index contributed by atoms with van der Waals surface area (Å²) in [4.78, 5) is 16.2. The summed E-state index contributed by atoms with van der Waals surface area (Å²) in [6.07, 6.45) is -3.48. The Bertz CT molecular complexity index is 1260. The summed E-state index contributed by atoms with van der Waals surface area (Å²) in [5, 5.41) is 3.25. The van der Waals surface area contributed by atoms with Gasteiger partial charge in [0.05, 0.1) is 23.5 Å². The first kappa shape index (κ1) is 22.5. The number of nitrogens with zero attached hydrogens (tertiary/aromatic N) is 1. The van der Waals surface area contributed by atoms with Gasteiger partial charge in [-0.3, -0.25) is 9.52 Å². The molecule has 10 heteroatoms. The molecule has 0 aliphatic carbocycles. The van der Waals surface area contributed by atoms with Crippen LogP contribution in [0.3, 0.4) is 0 Å². The van der Waals surface area contributed by atoms with Crippen LogP contribution < -0.4 is 10.0 Å². The van der Waals surface area contributed by atoms with E-state index in [2.05, 4.69) is 15.0 Å². The summed E-state index contributed by atoms with van der Waals surface area (Å²) in [6.45, 7) is 3.52. The van der Waals surface area contributed by atoms with Crippen LogP contribution in [0.4, 0.5) is 18.9 Å². The number of benzene rings is 2. The monoisotopic (exact) mass is 451 g/mol. The Balaban J connectivity index is 1.77. The Morgan fingerprint density at radius 3 is 2.39 bits per heavy atom. The minimum atomic E-state index is -4.54. The van der Waals surface area contributed by atoms with E-state index in [0.717, 1.165) is 17.9 Å². The molecule has 0 fully saturated rings. The number of carbonyl (C=O) groups excluding carboxylic acids is 1. The number of fused-ring (bicyclic) bond motifs is 1. The lowest BCUT2D eigenvalue weighted by Crippen LogP contribution is -2.26. The molecule has 1 unspecified atom stereocenters. The number of aryl methyl sites for hydroxylation is 1. The zero-order valence-electron chi connectivity index (χ0n) is 16.9. The molecule has 0 saturated carbocycles. The SMILES string of the molecule is Cc1cc(C(C)NC(=O)c2ccc3nc(C(F)(F)F)ccc3c2)ccc1NS(C)(=O)=O. The Hall–Kier alpha value is -3.14. The Morgan fingerprint density at radius 1 is 1.06 bits per heavy atom. The minimum absolute atomic E-state index is 0.143. The molecule has 2 N–H and O–H groups in total. The number of rotatable bonds is 5. The molecule has 1 aromatic heterocycles. The summed E-state index contributed by atoms with van der Waals surface area (Å²) in [5.41, 5.74) is 1.35. The molecule has 3 aromatic rings. The van der Waals surface area contributed by atoms with Crippen LogP contribution in [0.15, 0.2) is 48.5 Å². The molecule has 0 bridgehead atoms. The number of alkyl halides is 3. The van der Waals surface area contributed by atoms with Gasteiger partial charge in [-0.1, -0.05) is 18.2 Å². The average molecular weight is 451 g/mol. The lowest BCUT2D eigenvalue weighted by Gasteiger charge is -2.17. The zero-order chi connectivity index (χ0) is 23.0. The van der Waals surface area contributed by atoms with Gasteiger partial charge in [-0.15, -0.1) is 0 Å². The standard InChI is InChI=1S/C21H20F3N3O3S/c1-12-10-14(4-7-17(12)27-31(3,29)30)13(2)25-20(28)16-5-8-18-15(11-16)6-9-19(26-18)21(22,23)24/h4-11,13,27H,1-3H3,(H,25,28). The number of hydrogen-bond acceptors (Lipinski definition) is 4. The van der Waals surface area contributed by atoms with Crippen LogP contribution in [0, 0.1) is 6.92 Å². The summed E-state index contributed by atoms with van der Waals surface area (Å²) < 4.78 is 63.6. The third kappa shape index (κ3) is 5.52. The molecule has 1 heterocycles. The smallest absolute Gasteiger partial charge is 0.346 e. The van der Waals surface area contributed by atoms with E-state index in [4.69, 9.17) is 0 Å². The van der Waals surface area contributed by atoms with Gasteiger partial charge in [-0.2, -0.15) is 13.2 Å². The van der Waals surface area contributed by atoms with E-state index >= 15 is 0 Å². The van der Waals surface area contributed by atoms with Gasteiger partial charge in [0.15, 0.2) is 0 Å². The van der Waals surface area contributed by atoms with Crippen molar-refractivity contribution in [3.63, 3.8) is 0 Å². The number of pyridine rings is 1. The van der Waals surface area contributed by atoms with Gasteiger partial charge in [-0.05, 0) is 55.3 Å². The van der Waals surface area contributed by atoms with E-state index in [1.165, 1.54) is 24.3 Å². The van der Waals surface area contributed by atoms with E-state index in [1.807, 2.05) is 0 Å². The summed E-state index contributed by atoms with van der Waals surface area (Å²) in [5.74, 6) is -0.398. The second-order valence-electron chi connectivity index (χ2n) is 7.25. The third-order valence-corrected chi connectivity index (χ3v) is 5.23. The first-order chi connectivity index (χ1) is 14.3. The van der Waals surface area contributed by atoms with E-state index in [-0.39, 0.29) is 17.1 Å². The molecule has 3 rings (SSSR count). The lowest BCUT2D eigenvalue weighted by molar-refractivity contribution is -0.140. The molecule has 31 heavy (non-hydrogen) atoms. The quantitative estimate of drug-likeness (QED) is 0.601. The number of amides is 1. The number of nitrogens with one attached hydrogen (secondary N) is 2. The highest BCUT2D eigenvalue weighted by molar-refractivity contribution is 7.92. The Kier molecular flexibility index (Phi) is 5.95. The maximum atomic E-state index is 12.8. The third-order valence-electron chi connectivity index (χ3n) is 4.64. The van der Waals surface area contributed by atoms with Crippen molar-refractivity contribution in [3.8, 4) is 0 Å². The van der Waals surface area contributed by atoms with Crippen LogP contribution in [-0.2, 0) is 16.2 Å².